The van der Waals surface area contributed by atoms with Crippen LogP contribution >= 0.6 is 0 Å². The first-order valence-corrected chi connectivity index (χ1v) is 7.43. The van der Waals surface area contributed by atoms with Gasteiger partial charge < -0.3 is 10.1 Å². The van der Waals surface area contributed by atoms with Crippen molar-refractivity contribution in [2.45, 2.75) is 25.4 Å². The number of hydrogen-bond donors (Lipinski definition) is 1. The molecule has 116 valence electrons. The van der Waals surface area contributed by atoms with Crippen LogP contribution in [0.2, 0.25) is 0 Å². The molecule has 2 aromatic heterocycles. The van der Waals surface area contributed by atoms with E-state index in [0.29, 0.717) is 18.7 Å². The molecule has 22 heavy (non-hydrogen) atoms. The fourth-order valence-electron chi connectivity index (χ4n) is 2.84. The summed E-state index contributed by atoms with van der Waals surface area (Å²) in [5.41, 5.74) is 2.05. The lowest BCUT2D eigenvalue weighted by molar-refractivity contribution is 0.00129. The van der Waals surface area contributed by atoms with Gasteiger partial charge in [-0.05, 0) is 31.4 Å². The van der Waals surface area contributed by atoms with Gasteiger partial charge in [0.25, 0.3) is 5.91 Å². The maximum Gasteiger partial charge on any atom is 0.253 e. The van der Waals surface area contributed by atoms with E-state index in [2.05, 4.69) is 15.4 Å². The lowest BCUT2D eigenvalue weighted by Crippen LogP contribution is -2.40. The Balaban J connectivity index is 1.76. The highest BCUT2D eigenvalue weighted by molar-refractivity contribution is 5.95. The number of nitrogens with one attached hydrogen (secondary N) is 1. The van der Waals surface area contributed by atoms with Crippen LogP contribution in [0, 0.1) is 6.92 Å². The molecule has 0 bridgehead atoms. The van der Waals surface area contributed by atoms with E-state index in [1.54, 1.807) is 17.1 Å². The Kier molecular flexibility index (Phi) is 3.94. The minimum absolute atomic E-state index is 0.121. The summed E-state index contributed by atoms with van der Waals surface area (Å²) in [6.07, 6.45) is 8.90. The smallest absolute Gasteiger partial charge is 0.253 e. The molecule has 0 saturated carbocycles. The van der Waals surface area contributed by atoms with Crippen molar-refractivity contribution < 1.29 is 9.53 Å². The van der Waals surface area contributed by atoms with Gasteiger partial charge in [0.05, 0.1) is 18.3 Å². The van der Waals surface area contributed by atoms with Gasteiger partial charge in [-0.15, -0.1) is 0 Å². The van der Waals surface area contributed by atoms with Gasteiger partial charge in [0.1, 0.15) is 5.60 Å². The molecule has 0 radical (unpaired) electrons. The van der Waals surface area contributed by atoms with Crippen molar-refractivity contribution in [1.29, 1.82) is 0 Å². The lowest BCUT2D eigenvalue weighted by Gasteiger charge is -2.27. The van der Waals surface area contributed by atoms with Crippen LogP contribution in [-0.2, 0) is 17.4 Å². The Labute approximate surface area is 129 Å². The van der Waals surface area contributed by atoms with Gasteiger partial charge in [-0.1, -0.05) is 0 Å². The summed E-state index contributed by atoms with van der Waals surface area (Å²) >= 11 is 0. The van der Waals surface area contributed by atoms with Crippen molar-refractivity contribution in [2.24, 2.45) is 7.05 Å². The maximum absolute atomic E-state index is 12.4. The van der Waals surface area contributed by atoms with Crippen molar-refractivity contribution >= 4 is 5.91 Å². The highest BCUT2D eigenvalue weighted by atomic mass is 16.5. The number of nitrogens with zero attached hydrogens (tertiary/aromatic N) is 3. The van der Waals surface area contributed by atoms with E-state index >= 15 is 0 Å². The number of carbonyl (C=O) groups excluding carboxylic acids is 1. The van der Waals surface area contributed by atoms with Crippen LogP contribution in [0.25, 0.3) is 0 Å². The molecule has 3 rings (SSSR count). The molecule has 1 fully saturated rings. The molecule has 1 aliphatic heterocycles. The van der Waals surface area contributed by atoms with Gasteiger partial charge in [0.15, 0.2) is 0 Å². The highest BCUT2D eigenvalue weighted by Crippen LogP contribution is 2.35. The standard InChI is InChI=1S/C16H20N4O2/c1-12-4-6-17-9-14(12)15(21)18-11-16(5-3-7-22-16)13-8-19-20(2)10-13/h4,6,8-10H,3,5,7,11H2,1-2H3,(H,18,21). The molecule has 6 nitrogen and oxygen atoms in total. The van der Waals surface area contributed by atoms with Crippen LogP contribution in [0.1, 0.15) is 34.3 Å². The number of hydrogen-bond acceptors (Lipinski definition) is 4. The summed E-state index contributed by atoms with van der Waals surface area (Å²) in [7, 11) is 1.88. The van der Waals surface area contributed by atoms with Gasteiger partial charge >= 0.3 is 0 Å². The largest absolute Gasteiger partial charge is 0.368 e. The normalized spacial score (nSPS) is 21.0. The van der Waals surface area contributed by atoms with Crippen LogP contribution in [0.15, 0.2) is 30.9 Å². The Bertz CT molecular complexity index is 674. The molecule has 1 saturated heterocycles. The van der Waals surface area contributed by atoms with E-state index in [-0.39, 0.29) is 5.91 Å². The topological polar surface area (TPSA) is 69.0 Å². The van der Waals surface area contributed by atoms with Crippen molar-refractivity contribution in [3.63, 3.8) is 0 Å². The molecule has 1 amide bonds. The minimum Gasteiger partial charge on any atom is -0.368 e. The molecular weight excluding hydrogens is 280 g/mol. The number of rotatable bonds is 4. The number of aromatic nitrogens is 3. The second kappa shape index (κ2) is 5.88. The third kappa shape index (κ3) is 2.74. The van der Waals surface area contributed by atoms with E-state index in [0.717, 1.165) is 24.0 Å². The number of carbonyl (C=O) groups is 1. The van der Waals surface area contributed by atoms with Crippen molar-refractivity contribution in [3.05, 3.63) is 47.5 Å². The van der Waals surface area contributed by atoms with E-state index in [4.69, 9.17) is 4.74 Å². The number of pyridine rings is 1. The third-order valence-electron chi connectivity index (χ3n) is 4.15. The van der Waals surface area contributed by atoms with Crippen LogP contribution in [0.3, 0.4) is 0 Å². The van der Waals surface area contributed by atoms with Crippen LogP contribution in [-0.4, -0.2) is 33.8 Å². The molecule has 6 heteroatoms. The highest BCUT2D eigenvalue weighted by Gasteiger charge is 2.38. The molecular formula is C16H20N4O2. The predicted molar refractivity (Wildman–Crippen MR) is 81.4 cm³/mol. The van der Waals surface area contributed by atoms with E-state index in [1.165, 1.54) is 0 Å². The summed E-state index contributed by atoms with van der Waals surface area (Å²) in [5.74, 6) is -0.121. The van der Waals surface area contributed by atoms with Crippen molar-refractivity contribution in [3.8, 4) is 0 Å². The molecule has 1 aliphatic rings. The number of aryl methyl sites for hydroxylation is 2. The zero-order valence-electron chi connectivity index (χ0n) is 12.9. The summed E-state index contributed by atoms with van der Waals surface area (Å²) in [5, 5.41) is 7.21. The van der Waals surface area contributed by atoms with Gasteiger partial charge in [-0.3, -0.25) is 14.5 Å². The molecule has 1 unspecified atom stereocenters. The first-order chi connectivity index (χ1) is 10.6. The maximum atomic E-state index is 12.4. The van der Waals surface area contributed by atoms with Crippen LogP contribution in [0.5, 0.6) is 0 Å². The fourth-order valence-corrected chi connectivity index (χ4v) is 2.84. The number of amides is 1. The first-order valence-electron chi connectivity index (χ1n) is 7.43. The molecule has 3 heterocycles. The van der Waals surface area contributed by atoms with Gasteiger partial charge in [0, 0.05) is 37.8 Å². The Morgan fingerprint density at radius 1 is 1.50 bits per heavy atom. The average Bonchev–Trinajstić information content (AvgIpc) is 3.15. The van der Waals surface area contributed by atoms with Gasteiger partial charge in [-0.2, -0.15) is 5.10 Å². The predicted octanol–water partition coefficient (Wildman–Crippen LogP) is 1.56. The zero-order valence-corrected chi connectivity index (χ0v) is 12.9. The van der Waals surface area contributed by atoms with Crippen molar-refractivity contribution in [2.75, 3.05) is 13.2 Å². The van der Waals surface area contributed by atoms with Gasteiger partial charge in [-0.25, -0.2) is 0 Å². The van der Waals surface area contributed by atoms with E-state index in [9.17, 15) is 4.79 Å². The summed E-state index contributed by atoms with van der Waals surface area (Å²) in [6, 6.07) is 1.83. The second-order valence-corrected chi connectivity index (χ2v) is 5.72. The molecule has 2 aromatic rings. The molecule has 0 spiro atoms. The monoisotopic (exact) mass is 300 g/mol. The summed E-state index contributed by atoms with van der Waals surface area (Å²) in [6.45, 7) is 3.04. The summed E-state index contributed by atoms with van der Waals surface area (Å²) < 4.78 is 7.73. The summed E-state index contributed by atoms with van der Waals surface area (Å²) in [4.78, 5) is 16.4. The van der Waals surface area contributed by atoms with Crippen LogP contribution < -0.4 is 5.32 Å². The quantitative estimate of drug-likeness (QED) is 0.930. The Morgan fingerprint density at radius 3 is 3.00 bits per heavy atom. The first kappa shape index (κ1) is 14.7. The SMILES string of the molecule is Cc1ccncc1C(=O)NCC1(c2cnn(C)c2)CCCO1. The average molecular weight is 300 g/mol. The molecule has 0 aromatic carbocycles. The molecule has 1 atom stereocenters. The lowest BCUT2D eigenvalue weighted by atomic mass is 9.93. The molecule has 1 N–H and O–H groups in total. The van der Waals surface area contributed by atoms with Crippen molar-refractivity contribution in [1.82, 2.24) is 20.1 Å². The van der Waals surface area contributed by atoms with E-state index < -0.39 is 5.60 Å². The zero-order chi connectivity index (χ0) is 15.6. The fraction of sp³-hybridized carbons (Fsp3) is 0.438. The third-order valence-corrected chi connectivity index (χ3v) is 4.15. The van der Waals surface area contributed by atoms with Crippen LogP contribution in [0.4, 0.5) is 0 Å². The molecule has 0 aliphatic carbocycles. The number of ether oxygens (including phenoxy) is 1. The van der Waals surface area contributed by atoms with E-state index in [1.807, 2.05) is 32.4 Å². The second-order valence-electron chi connectivity index (χ2n) is 5.72. The Morgan fingerprint density at radius 2 is 2.36 bits per heavy atom. The van der Waals surface area contributed by atoms with Gasteiger partial charge in [0.2, 0.25) is 0 Å². The Hall–Kier alpha value is -2.21. The minimum atomic E-state index is -0.472.